The summed E-state index contributed by atoms with van der Waals surface area (Å²) in [4.78, 5) is 21.4. The van der Waals surface area contributed by atoms with E-state index in [4.69, 9.17) is 11.6 Å². The van der Waals surface area contributed by atoms with Crippen LogP contribution in [0.4, 0.5) is 5.82 Å². The van der Waals surface area contributed by atoms with Crippen molar-refractivity contribution in [3.63, 3.8) is 0 Å². The van der Waals surface area contributed by atoms with Gasteiger partial charge in [0.2, 0.25) is 5.91 Å². The maximum atomic E-state index is 12.1. The second kappa shape index (κ2) is 11.0. The lowest BCUT2D eigenvalue weighted by Gasteiger charge is -2.09. The number of benzene rings is 1. The van der Waals surface area contributed by atoms with Gasteiger partial charge in [-0.25, -0.2) is 14.6 Å². The Balaban J connectivity index is 1.66. The molecule has 158 valence electrons. The summed E-state index contributed by atoms with van der Waals surface area (Å²) in [6, 6.07) is 7.38. The number of carbonyl (C=O) groups is 1. The van der Waals surface area contributed by atoms with Crippen molar-refractivity contribution in [2.45, 2.75) is 32.0 Å². The average molecular weight is 445 g/mol. The normalized spacial score (nSPS) is 11.3. The molecular weight excluding hydrogens is 420 g/mol. The van der Waals surface area contributed by atoms with Crippen LogP contribution in [-0.2, 0) is 11.3 Å². The van der Waals surface area contributed by atoms with Crippen molar-refractivity contribution < 1.29 is 4.79 Å². The number of anilines is 1. The van der Waals surface area contributed by atoms with Crippen molar-refractivity contribution in [1.82, 2.24) is 25.1 Å². The third-order valence-corrected chi connectivity index (χ3v) is 5.31. The molecule has 30 heavy (non-hydrogen) atoms. The van der Waals surface area contributed by atoms with E-state index in [1.54, 1.807) is 34.8 Å². The lowest BCUT2D eigenvalue weighted by atomic mass is 10.2. The Labute approximate surface area is 185 Å². The van der Waals surface area contributed by atoms with Crippen LogP contribution < -0.4 is 10.6 Å². The van der Waals surface area contributed by atoms with Gasteiger partial charge in [0.1, 0.15) is 5.82 Å². The minimum atomic E-state index is -0.187. The monoisotopic (exact) mass is 444 g/mol. The highest BCUT2D eigenvalue weighted by atomic mass is 35.5. The summed E-state index contributed by atoms with van der Waals surface area (Å²) in [7, 11) is 0. The molecule has 2 aromatic heterocycles. The van der Waals surface area contributed by atoms with Crippen LogP contribution in [0.3, 0.4) is 0 Å². The summed E-state index contributed by atoms with van der Waals surface area (Å²) >= 11 is 7.69. The first kappa shape index (κ1) is 22.1. The minimum Gasteiger partial charge on any atom is -0.369 e. The van der Waals surface area contributed by atoms with Crippen LogP contribution >= 0.6 is 23.4 Å². The highest BCUT2D eigenvalue weighted by molar-refractivity contribution is 7.99. The van der Waals surface area contributed by atoms with E-state index in [2.05, 4.69) is 39.5 Å². The van der Waals surface area contributed by atoms with E-state index >= 15 is 0 Å². The smallest absolute Gasteiger partial charge is 0.244 e. The molecule has 9 heteroatoms. The number of nitrogens with zero attached hydrogens (tertiary/aromatic N) is 4. The van der Waals surface area contributed by atoms with Crippen molar-refractivity contribution >= 4 is 52.2 Å². The number of halogens is 1. The van der Waals surface area contributed by atoms with Crippen molar-refractivity contribution in [2.24, 2.45) is 0 Å². The first-order chi connectivity index (χ1) is 14.6. The number of hydrogen-bond donors (Lipinski definition) is 2. The van der Waals surface area contributed by atoms with Gasteiger partial charge in [0.05, 0.1) is 18.1 Å². The Kier molecular flexibility index (Phi) is 8.10. The van der Waals surface area contributed by atoms with Gasteiger partial charge in [-0.15, -0.1) is 0 Å². The molecule has 0 radical (unpaired) electrons. The molecule has 1 amide bonds. The highest BCUT2D eigenvalue weighted by Gasteiger charge is 2.13. The van der Waals surface area contributed by atoms with E-state index in [1.165, 1.54) is 6.08 Å². The standard InChI is InChI=1S/C21H25ClN6OS/c1-3-11-24-19-16-14-25-28(20(16)27-21(26-19)30-4-2)13-12-23-18(29)10-9-15-7-5-6-8-17(15)22/h5-10,14H,3-4,11-13H2,1-2H3,(H,23,29)(H,24,26,27)/b10-9+. The number of rotatable bonds is 10. The Morgan fingerprint density at radius 3 is 2.83 bits per heavy atom. The molecule has 1 aromatic carbocycles. The molecule has 0 saturated carbocycles. The zero-order valence-electron chi connectivity index (χ0n) is 17.1. The topological polar surface area (TPSA) is 84.7 Å². The van der Waals surface area contributed by atoms with Gasteiger partial charge in [-0.2, -0.15) is 5.10 Å². The molecule has 0 bridgehead atoms. The molecule has 3 aromatic rings. The van der Waals surface area contributed by atoms with Gasteiger partial charge in [0, 0.05) is 24.2 Å². The van der Waals surface area contributed by atoms with E-state index in [9.17, 15) is 4.79 Å². The Bertz CT molecular complexity index is 1040. The molecule has 0 fully saturated rings. The first-order valence-electron chi connectivity index (χ1n) is 9.93. The summed E-state index contributed by atoms with van der Waals surface area (Å²) in [5.74, 6) is 1.50. The van der Waals surface area contributed by atoms with Gasteiger partial charge in [0.15, 0.2) is 10.8 Å². The Hall–Kier alpha value is -2.58. The van der Waals surface area contributed by atoms with Crippen LogP contribution in [0.5, 0.6) is 0 Å². The highest BCUT2D eigenvalue weighted by Crippen LogP contribution is 2.24. The molecule has 0 saturated heterocycles. The number of hydrogen-bond acceptors (Lipinski definition) is 6. The summed E-state index contributed by atoms with van der Waals surface area (Å²) in [5.41, 5.74) is 1.57. The van der Waals surface area contributed by atoms with Crippen molar-refractivity contribution in [3.05, 3.63) is 47.1 Å². The van der Waals surface area contributed by atoms with E-state index in [1.807, 2.05) is 18.2 Å². The van der Waals surface area contributed by atoms with Gasteiger partial charge in [0.25, 0.3) is 0 Å². The molecule has 0 aliphatic rings. The largest absolute Gasteiger partial charge is 0.369 e. The fourth-order valence-corrected chi connectivity index (χ4v) is 3.55. The summed E-state index contributed by atoms with van der Waals surface area (Å²) in [5, 5.41) is 12.9. The third kappa shape index (κ3) is 5.73. The number of carbonyl (C=O) groups excluding carboxylic acids is 1. The number of thioether (sulfide) groups is 1. The van der Waals surface area contributed by atoms with Crippen LogP contribution in [0.15, 0.2) is 41.7 Å². The maximum Gasteiger partial charge on any atom is 0.244 e. The van der Waals surface area contributed by atoms with Crippen LogP contribution in [0, 0.1) is 0 Å². The Morgan fingerprint density at radius 2 is 2.07 bits per heavy atom. The quantitative estimate of drug-likeness (QED) is 0.276. The van der Waals surface area contributed by atoms with Gasteiger partial charge >= 0.3 is 0 Å². The lowest BCUT2D eigenvalue weighted by molar-refractivity contribution is -0.116. The molecule has 0 spiro atoms. The molecular formula is C21H25ClN6OS. The second-order valence-electron chi connectivity index (χ2n) is 6.47. The molecule has 3 rings (SSSR count). The van der Waals surface area contributed by atoms with Crippen LogP contribution in [0.1, 0.15) is 25.8 Å². The summed E-state index contributed by atoms with van der Waals surface area (Å²) in [6.07, 6.45) is 5.96. The van der Waals surface area contributed by atoms with Crippen LogP contribution in [-0.4, -0.2) is 44.5 Å². The summed E-state index contributed by atoms with van der Waals surface area (Å²) < 4.78 is 1.80. The zero-order chi connectivity index (χ0) is 21.3. The van der Waals surface area contributed by atoms with Crippen molar-refractivity contribution in [3.8, 4) is 0 Å². The molecule has 0 aliphatic carbocycles. The molecule has 0 aliphatic heterocycles. The minimum absolute atomic E-state index is 0.187. The van der Waals surface area contributed by atoms with E-state index in [0.29, 0.717) is 18.1 Å². The second-order valence-corrected chi connectivity index (χ2v) is 8.10. The van der Waals surface area contributed by atoms with Crippen molar-refractivity contribution in [1.29, 1.82) is 0 Å². The lowest BCUT2D eigenvalue weighted by Crippen LogP contribution is -2.25. The predicted octanol–water partition coefficient (Wildman–Crippen LogP) is 4.24. The first-order valence-corrected chi connectivity index (χ1v) is 11.3. The summed E-state index contributed by atoms with van der Waals surface area (Å²) in [6.45, 7) is 5.96. The molecule has 0 unspecified atom stereocenters. The molecule has 2 heterocycles. The van der Waals surface area contributed by atoms with E-state index in [-0.39, 0.29) is 5.91 Å². The van der Waals surface area contributed by atoms with E-state index < -0.39 is 0 Å². The fourth-order valence-electron chi connectivity index (χ4n) is 2.79. The molecule has 7 nitrogen and oxygen atoms in total. The number of fused-ring (bicyclic) bond motifs is 1. The van der Waals surface area contributed by atoms with Gasteiger partial charge < -0.3 is 10.6 Å². The zero-order valence-corrected chi connectivity index (χ0v) is 18.6. The fraction of sp³-hybridized carbons (Fsp3) is 0.333. The number of amides is 1. The number of aromatic nitrogens is 4. The van der Waals surface area contributed by atoms with Crippen LogP contribution in [0.2, 0.25) is 5.02 Å². The number of nitrogens with one attached hydrogen (secondary N) is 2. The van der Waals surface area contributed by atoms with Crippen molar-refractivity contribution in [2.75, 3.05) is 24.2 Å². The van der Waals surface area contributed by atoms with Gasteiger partial charge in [-0.1, -0.05) is 55.4 Å². The SMILES string of the molecule is CCCNc1nc(SCC)nc2c1cnn2CCNC(=O)/C=C/c1ccccc1Cl. The van der Waals surface area contributed by atoms with Crippen LogP contribution in [0.25, 0.3) is 17.1 Å². The van der Waals surface area contributed by atoms with Gasteiger partial charge in [-0.3, -0.25) is 4.79 Å². The third-order valence-electron chi connectivity index (χ3n) is 4.23. The Morgan fingerprint density at radius 1 is 1.23 bits per heavy atom. The molecule has 2 N–H and O–H groups in total. The predicted molar refractivity (Wildman–Crippen MR) is 124 cm³/mol. The molecule has 0 atom stereocenters. The van der Waals surface area contributed by atoms with E-state index in [0.717, 1.165) is 46.3 Å². The average Bonchev–Trinajstić information content (AvgIpc) is 3.15. The van der Waals surface area contributed by atoms with Gasteiger partial charge in [-0.05, 0) is 29.9 Å². The maximum absolute atomic E-state index is 12.1.